The summed E-state index contributed by atoms with van der Waals surface area (Å²) in [7, 11) is -2.60. The molecule has 4 nitrogen and oxygen atoms in total. The third-order valence-corrected chi connectivity index (χ3v) is 4.94. The molecule has 0 aliphatic carbocycles. The maximum atomic E-state index is 14.1. The van der Waals surface area contributed by atoms with E-state index in [1.807, 2.05) is 13.8 Å². The number of sulfonamides is 1. The standard InChI is InChI=1S/C13H20F2N2O2S/c1-9(2)6-7-17(3)20(18,19)12-5-4-11(14)10(8-16)13(12)15/h4-5,9H,6-8,16H2,1-3H3. The molecule has 20 heavy (non-hydrogen) atoms. The van der Waals surface area contributed by atoms with Gasteiger partial charge in [-0.15, -0.1) is 0 Å². The topological polar surface area (TPSA) is 63.4 Å². The molecule has 1 aromatic carbocycles. The molecule has 1 rings (SSSR count). The summed E-state index contributed by atoms with van der Waals surface area (Å²) < 4.78 is 53.0. The molecule has 0 aliphatic rings. The van der Waals surface area contributed by atoms with E-state index in [9.17, 15) is 17.2 Å². The van der Waals surface area contributed by atoms with Crippen molar-refractivity contribution >= 4 is 10.0 Å². The lowest BCUT2D eigenvalue weighted by Crippen LogP contribution is -2.29. The van der Waals surface area contributed by atoms with Crippen molar-refractivity contribution in [3.05, 3.63) is 29.3 Å². The predicted molar refractivity (Wildman–Crippen MR) is 73.5 cm³/mol. The summed E-state index contributed by atoms with van der Waals surface area (Å²) in [5.74, 6) is -1.62. The Bertz CT molecular complexity index is 574. The number of hydrogen-bond acceptors (Lipinski definition) is 3. The third kappa shape index (κ3) is 3.53. The number of halogens is 2. The molecular formula is C13H20F2N2O2S. The van der Waals surface area contributed by atoms with Crippen LogP contribution in [0.4, 0.5) is 8.78 Å². The van der Waals surface area contributed by atoms with Crippen molar-refractivity contribution in [2.24, 2.45) is 11.7 Å². The van der Waals surface area contributed by atoms with E-state index in [4.69, 9.17) is 5.73 Å². The van der Waals surface area contributed by atoms with Crippen molar-refractivity contribution in [2.45, 2.75) is 31.7 Å². The van der Waals surface area contributed by atoms with E-state index < -0.39 is 38.7 Å². The van der Waals surface area contributed by atoms with Crippen molar-refractivity contribution in [1.29, 1.82) is 0 Å². The van der Waals surface area contributed by atoms with Gasteiger partial charge in [0.2, 0.25) is 10.0 Å². The van der Waals surface area contributed by atoms with Gasteiger partial charge in [-0.05, 0) is 24.5 Å². The molecule has 0 atom stereocenters. The van der Waals surface area contributed by atoms with Crippen LogP contribution in [0.25, 0.3) is 0 Å². The first-order valence-electron chi connectivity index (χ1n) is 6.35. The largest absolute Gasteiger partial charge is 0.326 e. The van der Waals surface area contributed by atoms with Crippen LogP contribution in [0.5, 0.6) is 0 Å². The summed E-state index contributed by atoms with van der Waals surface area (Å²) in [6, 6.07) is 1.86. The van der Waals surface area contributed by atoms with Crippen molar-refractivity contribution < 1.29 is 17.2 Å². The summed E-state index contributed by atoms with van der Waals surface area (Å²) in [6.07, 6.45) is 0.655. The molecule has 0 amide bonds. The van der Waals surface area contributed by atoms with E-state index in [0.29, 0.717) is 12.3 Å². The molecule has 0 spiro atoms. The molecule has 0 bridgehead atoms. The Kier molecular flexibility index (Phi) is 5.61. The maximum Gasteiger partial charge on any atom is 0.245 e. The maximum absolute atomic E-state index is 14.1. The second-order valence-electron chi connectivity index (χ2n) is 5.05. The van der Waals surface area contributed by atoms with Gasteiger partial charge in [0.15, 0.2) is 5.82 Å². The van der Waals surface area contributed by atoms with Gasteiger partial charge < -0.3 is 5.73 Å². The molecule has 1 aromatic rings. The molecule has 0 radical (unpaired) electrons. The van der Waals surface area contributed by atoms with E-state index in [1.54, 1.807) is 0 Å². The molecule has 0 fully saturated rings. The van der Waals surface area contributed by atoms with E-state index in [2.05, 4.69) is 0 Å². The zero-order valence-electron chi connectivity index (χ0n) is 11.9. The molecule has 0 unspecified atom stereocenters. The van der Waals surface area contributed by atoms with Crippen LogP contribution in [0.1, 0.15) is 25.8 Å². The fourth-order valence-corrected chi connectivity index (χ4v) is 2.96. The van der Waals surface area contributed by atoms with Crippen LogP contribution in [0.15, 0.2) is 17.0 Å². The van der Waals surface area contributed by atoms with E-state index in [1.165, 1.54) is 7.05 Å². The van der Waals surface area contributed by atoms with E-state index in [-0.39, 0.29) is 6.54 Å². The first kappa shape index (κ1) is 17.0. The van der Waals surface area contributed by atoms with Gasteiger partial charge in [-0.25, -0.2) is 21.5 Å². The number of nitrogens with zero attached hydrogens (tertiary/aromatic N) is 1. The fraction of sp³-hybridized carbons (Fsp3) is 0.538. The van der Waals surface area contributed by atoms with Crippen LogP contribution in [0.3, 0.4) is 0 Å². The van der Waals surface area contributed by atoms with Crippen LogP contribution >= 0.6 is 0 Å². The van der Waals surface area contributed by atoms with Gasteiger partial charge in [0.05, 0.1) is 0 Å². The van der Waals surface area contributed by atoms with Crippen molar-refractivity contribution in [2.75, 3.05) is 13.6 Å². The van der Waals surface area contributed by atoms with Crippen LogP contribution in [0, 0.1) is 17.6 Å². The summed E-state index contributed by atoms with van der Waals surface area (Å²) in [4.78, 5) is -0.536. The highest BCUT2D eigenvalue weighted by atomic mass is 32.2. The number of nitrogens with two attached hydrogens (primary N) is 1. The van der Waals surface area contributed by atoms with E-state index in [0.717, 1.165) is 16.4 Å². The molecule has 0 aliphatic heterocycles. The SMILES string of the molecule is CC(C)CCN(C)S(=O)(=O)c1ccc(F)c(CN)c1F. The van der Waals surface area contributed by atoms with Gasteiger partial charge in [0.1, 0.15) is 10.7 Å². The monoisotopic (exact) mass is 306 g/mol. The molecule has 0 saturated heterocycles. The Morgan fingerprint density at radius 3 is 2.40 bits per heavy atom. The third-order valence-electron chi connectivity index (χ3n) is 3.06. The first-order chi connectivity index (χ1) is 9.21. The van der Waals surface area contributed by atoms with Gasteiger partial charge in [-0.1, -0.05) is 13.8 Å². The van der Waals surface area contributed by atoms with Crippen LogP contribution in [-0.2, 0) is 16.6 Å². The summed E-state index contributed by atoms with van der Waals surface area (Å²) >= 11 is 0. The fourth-order valence-electron chi connectivity index (χ4n) is 1.69. The quantitative estimate of drug-likeness (QED) is 0.875. The van der Waals surface area contributed by atoms with Crippen molar-refractivity contribution in [3.63, 3.8) is 0 Å². The Balaban J connectivity index is 3.16. The minimum atomic E-state index is -3.98. The summed E-state index contributed by atoms with van der Waals surface area (Å²) in [5.41, 5.74) is 4.84. The average molecular weight is 306 g/mol. The molecule has 0 heterocycles. The van der Waals surface area contributed by atoms with Gasteiger partial charge in [0, 0.05) is 25.7 Å². The molecule has 0 saturated carbocycles. The lowest BCUT2D eigenvalue weighted by molar-refractivity contribution is 0.423. The second kappa shape index (κ2) is 6.60. The molecule has 0 aromatic heterocycles. The smallest absolute Gasteiger partial charge is 0.245 e. The molecule has 2 N–H and O–H groups in total. The Labute approximate surface area is 118 Å². The number of benzene rings is 1. The zero-order valence-corrected chi connectivity index (χ0v) is 12.7. The Morgan fingerprint density at radius 2 is 1.90 bits per heavy atom. The average Bonchev–Trinajstić information content (AvgIpc) is 2.35. The highest BCUT2D eigenvalue weighted by Crippen LogP contribution is 2.23. The predicted octanol–water partition coefficient (Wildman–Crippen LogP) is 2.09. The van der Waals surface area contributed by atoms with Gasteiger partial charge in [-0.3, -0.25) is 0 Å². The van der Waals surface area contributed by atoms with Crippen LogP contribution in [-0.4, -0.2) is 26.3 Å². The summed E-state index contributed by atoms with van der Waals surface area (Å²) in [5, 5.41) is 0. The lowest BCUT2D eigenvalue weighted by Gasteiger charge is -2.19. The molecular weight excluding hydrogens is 286 g/mol. The normalized spacial score (nSPS) is 12.4. The second-order valence-corrected chi connectivity index (χ2v) is 7.06. The van der Waals surface area contributed by atoms with Crippen molar-refractivity contribution in [1.82, 2.24) is 4.31 Å². The number of rotatable bonds is 6. The lowest BCUT2D eigenvalue weighted by atomic mass is 10.1. The first-order valence-corrected chi connectivity index (χ1v) is 7.79. The van der Waals surface area contributed by atoms with E-state index >= 15 is 0 Å². The van der Waals surface area contributed by atoms with Crippen molar-refractivity contribution in [3.8, 4) is 0 Å². The van der Waals surface area contributed by atoms with Crippen LogP contribution in [0.2, 0.25) is 0 Å². The minimum Gasteiger partial charge on any atom is -0.326 e. The Morgan fingerprint density at radius 1 is 1.30 bits per heavy atom. The van der Waals surface area contributed by atoms with Gasteiger partial charge >= 0.3 is 0 Å². The minimum absolute atomic E-state index is 0.273. The highest BCUT2D eigenvalue weighted by molar-refractivity contribution is 7.89. The summed E-state index contributed by atoms with van der Waals surface area (Å²) in [6.45, 7) is 3.81. The van der Waals surface area contributed by atoms with Gasteiger partial charge in [0.25, 0.3) is 0 Å². The zero-order chi connectivity index (χ0) is 15.5. The van der Waals surface area contributed by atoms with Gasteiger partial charge in [-0.2, -0.15) is 0 Å². The highest BCUT2D eigenvalue weighted by Gasteiger charge is 2.27. The number of hydrogen-bond donors (Lipinski definition) is 1. The molecule has 7 heteroatoms. The van der Waals surface area contributed by atoms with Crippen LogP contribution < -0.4 is 5.73 Å². The molecule has 114 valence electrons. The Hall–Kier alpha value is -1.05.